The standard InChI is InChI=1S/C23H28NO5PSe2/c1-4-27-23(25)21(17-31-19-13-9-7-10-14-19)22(32-20-15-11-8-12-16-20)24-18-30(26,28-5-2)29-6-3/h7-17H,4-6,18H2,1-3H3/b21-17+,24-22+. The summed E-state index contributed by atoms with van der Waals surface area (Å²) in [4.78, 5) is 19.4. The molecule has 2 aromatic carbocycles. The van der Waals surface area contributed by atoms with Gasteiger partial charge < -0.3 is 0 Å². The fourth-order valence-electron chi connectivity index (χ4n) is 2.46. The molecule has 0 unspecified atom stereocenters. The minimum absolute atomic E-state index is 0.0968. The molecule has 0 N–H and O–H groups in total. The number of aliphatic imine (C=N–C) groups is 1. The molecule has 0 amide bonds. The zero-order valence-corrected chi connectivity index (χ0v) is 22.8. The number of benzene rings is 2. The molecule has 0 aliphatic heterocycles. The third-order valence-electron chi connectivity index (χ3n) is 3.78. The maximum absolute atomic E-state index is 13.0. The monoisotopic (exact) mass is 589 g/mol. The predicted molar refractivity (Wildman–Crippen MR) is 132 cm³/mol. The van der Waals surface area contributed by atoms with Gasteiger partial charge in [-0.15, -0.1) is 0 Å². The normalized spacial score (nSPS) is 12.6. The van der Waals surface area contributed by atoms with Crippen molar-refractivity contribution < 1.29 is 23.1 Å². The van der Waals surface area contributed by atoms with E-state index in [1.807, 2.05) is 65.6 Å². The zero-order valence-electron chi connectivity index (χ0n) is 18.4. The molecule has 32 heavy (non-hydrogen) atoms. The number of hydrogen-bond donors (Lipinski definition) is 0. The molecular formula is C23H28NO5PSe2. The number of hydrogen-bond acceptors (Lipinski definition) is 6. The number of carbonyl (C=O) groups excluding carboxylic acids is 1. The minimum atomic E-state index is -3.39. The molecule has 0 spiro atoms. The zero-order chi connectivity index (χ0) is 23.2. The topological polar surface area (TPSA) is 74.2 Å². The van der Waals surface area contributed by atoms with Crippen molar-refractivity contribution in [2.24, 2.45) is 4.99 Å². The van der Waals surface area contributed by atoms with E-state index in [1.165, 1.54) is 0 Å². The molecule has 2 rings (SSSR count). The number of rotatable bonds is 13. The van der Waals surface area contributed by atoms with Gasteiger partial charge in [-0.2, -0.15) is 0 Å². The SMILES string of the molecule is CCOC(=O)C(=C/[Se]c1ccccc1)/C(=N\CP(=O)(OCC)OCC)[Se]c1ccccc1. The summed E-state index contributed by atoms with van der Waals surface area (Å²) >= 11 is -0.393. The Hall–Kier alpha value is -1.49. The number of carbonyl (C=O) groups is 1. The summed E-state index contributed by atoms with van der Waals surface area (Å²) in [7, 11) is -3.39. The van der Waals surface area contributed by atoms with Crippen molar-refractivity contribution in [3.8, 4) is 0 Å². The Morgan fingerprint density at radius 1 is 0.906 bits per heavy atom. The molecule has 0 heterocycles. The summed E-state index contributed by atoms with van der Waals surface area (Å²) in [6.07, 6.45) is -0.145. The van der Waals surface area contributed by atoms with Gasteiger partial charge in [-0.25, -0.2) is 0 Å². The maximum atomic E-state index is 13.0. The number of esters is 1. The summed E-state index contributed by atoms with van der Waals surface area (Å²) < 4.78 is 31.8. The van der Waals surface area contributed by atoms with Gasteiger partial charge in [0, 0.05) is 0 Å². The molecule has 6 nitrogen and oxygen atoms in total. The quantitative estimate of drug-likeness (QED) is 0.119. The Balaban J connectivity index is 2.45. The van der Waals surface area contributed by atoms with Crippen LogP contribution in [0.25, 0.3) is 0 Å². The summed E-state index contributed by atoms with van der Waals surface area (Å²) in [6, 6.07) is 19.8. The molecule has 2 aromatic rings. The van der Waals surface area contributed by atoms with E-state index in [1.54, 1.807) is 20.8 Å². The van der Waals surface area contributed by atoms with Crippen molar-refractivity contribution in [3.05, 3.63) is 71.2 Å². The molecule has 0 atom stereocenters. The second kappa shape index (κ2) is 14.6. The van der Waals surface area contributed by atoms with Crippen LogP contribution in [-0.2, 0) is 23.1 Å². The third kappa shape index (κ3) is 9.17. The van der Waals surface area contributed by atoms with Crippen molar-refractivity contribution in [1.29, 1.82) is 0 Å². The second-order valence-electron chi connectivity index (χ2n) is 6.15. The second-order valence-corrected chi connectivity index (χ2v) is 12.4. The van der Waals surface area contributed by atoms with Gasteiger partial charge >= 0.3 is 203 Å². The summed E-state index contributed by atoms with van der Waals surface area (Å²) in [5.41, 5.74) is 0.416. The molecular weight excluding hydrogens is 559 g/mol. The van der Waals surface area contributed by atoms with Crippen LogP contribution in [-0.4, -0.2) is 66.6 Å². The third-order valence-corrected chi connectivity index (χ3v) is 9.66. The average molecular weight is 587 g/mol. The summed E-state index contributed by atoms with van der Waals surface area (Å²) in [5.74, 6) is -0.426. The molecule has 9 heteroatoms. The van der Waals surface area contributed by atoms with E-state index in [4.69, 9.17) is 13.8 Å². The van der Waals surface area contributed by atoms with Crippen LogP contribution in [0.3, 0.4) is 0 Å². The molecule has 0 saturated carbocycles. The molecule has 0 aliphatic carbocycles. The van der Waals surface area contributed by atoms with E-state index >= 15 is 0 Å². The van der Waals surface area contributed by atoms with Crippen molar-refractivity contribution in [1.82, 2.24) is 0 Å². The molecule has 0 radical (unpaired) electrons. The first-order chi connectivity index (χ1) is 15.5. The van der Waals surface area contributed by atoms with Gasteiger partial charge in [0.2, 0.25) is 0 Å². The average Bonchev–Trinajstić information content (AvgIpc) is 2.79. The summed E-state index contributed by atoms with van der Waals surface area (Å²) in [6.45, 7) is 6.06. The Bertz CT molecular complexity index is 941. The van der Waals surface area contributed by atoms with Crippen LogP contribution in [0.5, 0.6) is 0 Å². The van der Waals surface area contributed by atoms with Gasteiger partial charge in [0.25, 0.3) is 0 Å². The molecule has 0 aliphatic rings. The van der Waals surface area contributed by atoms with E-state index in [0.29, 0.717) is 10.2 Å². The van der Waals surface area contributed by atoms with Crippen LogP contribution in [0.15, 0.2) is 76.2 Å². The van der Waals surface area contributed by atoms with E-state index in [2.05, 4.69) is 4.99 Å². The van der Waals surface area contributed by atoms with Crippen LogP contribution in [0.1, 0.15) is 20.8 Å². The van der Waals surface area contributed by atoms with Gasteiger partial charge in [0.05, 0.1) is 0 Å². The van der Waals surface area contributed by atoms with E-state index in [0.717, 1.165) is 8.92 Å². The van der Waals surface area contributed by atoms with Crippen LogP contribution in [0.4, 0.5) is 0 Å². The first-order valence-electron chi connectivity index (χ1n) is 10.3. The van der Waals surface area contributed by atoms with Crippen molar-refractivity contribution in [3.63, 3.8) is 0 Å². The van der Waals surface area contributed by atoms with Crippen LogP contribution in [0, 0.1) is 0 Å². The Morgan fingerprint density at radius 2 is 1.47 bits per heavy atom. The van der Waals surface area contributed by atoms with Crippen LogP contribution in [0.2, 0.25) is 0 Å². The number of ether oxygens (including phenoxy) is 1. The molecule has 0 aromatic heterocycles. The molecule has 0 fully saturated rings. The fraction of sp³-hybridized carbons (Fsp3) is 0.304. The number of nitrogens with zero attached hydrogens (tertiary/aromatic N) is 1. The Labute approximate surface area is 202 Å². The van der Waals surface area contributed by atoms with Crippen molar-refractivity contribution in [2.75, 3.05) is 26.1 Å². The van der Waals surface area contributed by atoms with Gasteiger partial charge in [0.1, 0.15) is 0 Å². The van der Waals surface area contributed by atoms with Gasteiger partial charge in [0.15, 0.2) is 0 Å². The molecule has 0 saturated heterocycles. The summed E-state index contributed by atoms with van der Waals surface area (Å²) in [5, 5.41) is 0. The predicted octanol–water partition coefficient (Wildman–Crippen LogP) is 3.11. The Morgan fingerprint density at radius 3 is 2.00 bits per heavy atom. The van der Waals surface area contributed by atoms with Crippen LogP contribution < -0.4 is 8.92 Å². The van der Waals surface area contributed by atoms with Crippen molar-refractivity contribution in [2.45, 2.75) is 20.8 Å². The Kier molecular flexibility index (Phi) is 12.2. The van der Waals surface area contributed by atoms with Gasteiger partial charge in [-0.05, 0) is 0 Å². The van der Waals surface area contributed by atoms with E-state index in [9.17, 15) is 9.36 Å². The molecule has 0 bridgehead atoms. The van der Waals surface area contributed by atoms with Gasteiger partial charge in [-0.3, -0.25) is 0 Å². The molecule has 172 valence electrons. The van der Waals surface area contributed by atoms with Gasteiger partial charge in [-0.1, -0.05) is 0 Å². The van der Waals surface area contributed by atoms with Crippen molar-refractivity contribution >= 4 is 57.0 Å². The van der Waals surface area contributed by atoms with Crippen LogP contribution >= 0.6 is 7.60 Å². The van der Waals surface area contributed by atoms with E-state index in [-0.39, 0.29) is 56.0 Å². The first kappa shape index (κ1) is 26.8. The van der Waals surface area contributed by atoms with E-state index < -0.39 is 13.6 Å². The first-order valence-corrected chi connectivity index (χ1v) is 15.5. The fourth-order valence-corrected chi connectivity index (χ4v) is 7.90.